The first-order valence-corrected chi connectivity index (χ1v) is 3.77. The first kappa shape index (κ1) is 7.28. The van der Waals surface area contributed by atoms with E-state index in [-0.39, 0.29) is 5.82 Å². The molecule has 0 unspecified atom stereocenters. The molecule has 62 valence electrons. The number of nitrogens with zero attached hydrogens (tertiary/aromatic N) is 2. The smallest absolute Gasteiger partial charge is 0.154 e. The fourth-order valence-corrected chi connectivity index (χ4v) is 1.27. The molecule has 0 N–H and O–H groups in total. The van der Waals surface area contributed by atoms with E-state index in [2.05, 4.69) is 5.10 Å². The molecule has 0 saturated carbocycles. The summed E-state index contributed by atoms with van der Waals surface area (Å²) in [6, 6.07) is 3.64. The predicted molar refractivity (Wildman–Crippen MR) is 45.4 cm³/mol. The molecule has 0 fully saturated rings. The minimum atomic E-state index is -0.215. The summed E-state index contributed by atoms with van der Waals surface area (Å²) < 4.78 is 15.0. The van der Waals surface area contributed by atoms with Crippen molar-refractivity contribution in [2.75, 3.05) is 0 Å². The molecule has 2 nitrogen and oxygen atoms in total. The molecule has 0 aliphatic carbocycles. The Kier molecular flexibility index (Phi) is 1.40. The Bertz CT molecular complexity index is 431. The molecule has 12 heavy (non-hydrogen) atoms. The van der Waals surface area contributed by atoms with Crippen molar-refractivity contribution in [3.8, 4) is 0 Å². The first-order valence-electron chi connectivity index (χ1n) is 3.77. The van der Waals surface area contributed by atoms with Crippen LogP contribution in [0.1, 0.15) is 5.56 Å². The Hall–Kier alpha value is -1.38. The molecule has 2 aromatic rings. The van der Waals surface area contributed by atoms with Gasteiger partial charge in [0.1, 0.15) is 5.52 Å². The van der Waals surface area contributed by atoms with Crippen molar-refractivity contribution in [2.24, 2.45) is 7.05 Å². The van der Waals surface area contributed by atoms with Crippen molar-refractivity contribution in [1.29, 1.82) is 0 Å². The van der Waals surface area contributed by atoms with Crippen LogP contribution in [0.15, 0.2) is 18.3 Å². The fourth-order valence-electron chi connectivity index (χ4n) is 1.27. The zero-order valence-electron chi connectivity index (χ0n) is 7.00. The summed E-state index contributed by atoms with van der Waals surface area (Å²) in [7, 11) is 1.79. The van der Waals surface area contributed by atoms with E-state index in [0.717, 1.165) is 5.39 Å². The number of aryl methyl sites for hydroxylation is 2. The van der Waals surface area contributed by atoms with Crippen LogP contribution in [0.4, 0.5) is 4.39 Å². The lowest BCUT2D eigenvalue weighted by Crippen LogP contribution is -1.87. The highest BCUT2D eigenvalue weighted by Gasteiger charge is 2.06. The number of halogens is 1. The third-order valence-electron chi connectivity index (χ3n) is 1.92. The maximum atomic E-state index is 13.3. The molecule has 1 heterocycles. The van der Waals surface area contributed by atoms with Crippen LogP contribution in [0, 0.1) is 12.7 Å². The highest BCUT2D eigenvalue weighted by molar-refractivity contribution is 5.79. The zero-order chi connectivity index (χ0) is 8.72. The summed E-state index contributed by atoms with van der Waals surface area (Å²) in [6.07, 6.45) is 1.80. The van der Waals surface area contributed by atoms with Gasteiger partial charge in [-0.3, -0.25) is 4.68 Å². The lowest BCUT2D eigenvalue weighted by atomic mass is 10.2. The van der Waals surface area contributed by atoms with Gasteiger partial charge in [0.05, 0.1) is 0 Å². The van der Waals surface area contributed by atoms with E-state index in [1.54, 1.807) is 30.9 Å². The summed E-state index contributed by atoms with van der Waals surface area (Å²) in [5, 5.41) is 4.86. The van der Waals surface area contributed by atoms with Crippen LogP contribution < -0.4 is 0 Å². The molecular formula is C9H9FN2. The highest BCUT2D eigenvalue weighted by Crippen LogP contribution is 2.18. The van der Waals surface area contributed by atoms with Crippen LogP contribution >= 0.6 is 0 Å². The second-order valence-corrected chi connectivity index (χ2v) is 2.94. The van der Waals surface area contributed by atoms with Crippen LogP contribution in [-0.4, -0.2) is 9.78 Å². The molecule has 0 atom stereocenters. The molecular weight excluding hydrogens is 155 g/mol. The minimum Gasteiger partial charge on any atom is -0.274 e. The molecule has 1 aromatic carbocycles. The molecule has 0 amide bonds. The summed E-state index contributed by atoms with van der Waals surface area (Å²) in [5.74, 6) is -0.215. The van der Waals surface area contributed by atoms with Crippen LogP contribution in [0.3, 0.4) is 0 Å². The lowest BCUT2D eigenvalue weighted by molar-refractivity contribution is 0.623. The van der Waals surface area contributed by atoms with Crippen LogP contribution in [0.25, 0.3) is 10.9 Å². The average Bonchev–Trinajstić information content (AvgIpc) is 2.39. The zero-order valence-corrected chi connectivity index (χ0v) is 7.00. The summed E-state index contributed by atoms with van der Waals surface area (Å²) in [4.78, 5) is 0. The van der Waals surface area contributed by atoms with Crippen LogP contribution in [0.2, 0.25) is 0 Å². The number of rotatable bonds is 0. The van der Waals surface area contributed by atoms with Crippen molar-refractivity contribution < 1.29 is 4.39 Å². The second kappa shape index (κ2) is 2.30. The van der Waals surface area contributed by atoms with Gasteiger partial charge in [0.2, 0.25) is 0 Å². The first-order chi connectivity index (χ1) is 5.68. The molecule has 3 heteroatoms. The lowest BCUT2D eigenvalue weighted by Gasteiger charge is -1.94. The average molecular weight is 164 g/mol. The number of aromatic nitrogens is 2. The quantitative estimate of drug-likeness (QED) is 0.582. The van der Waals surface area contributed by atoms with Crippen molar-refractivity contribution in [1.82, 2.24) is 9.78 Å². The van der Waals surface area contributed by atoms with Gasteiger partial charge in [-0.15, -0.1) is 0 Å². The highest BCUT2D eigenvalue weighted by atomic mass is 19.1. The Balaban J connectivity index is 2.89. The summed E-state index contributed by atoms with van der Waals surface area (Å²) in [5.41, 5.74) is 1.10. The molecule has 0 spiro atoms. The van der Waals surface area contributed by atoms with Crippen LogP contribution in [0.5, 0.6) is 0 Å². The van der Waals surface area contributed by atoms with Gasteiger partial charge in [-0.25, -0.2) is 4.39 Å². The second-order valence-electron chi connectivity index (χ2n) is 2.94. The van der Waals surface area contributed by atoms with E-state index >= 15 is 0 Å². The monoisotopic (exact) mass is 164 g/mol. The van der Waals surface area contributed by atoms with E-state index in [4.69, 9.17) is 0 Å². The Labute approximate surface area is 69.6 Å². The van der Waals surface area contributed by atoms with Gasteiger partial charge in [-0.2, -0.15) is 5.10 Å². The van der Waals surface area contributed by atoms with Crippen molar-refractivity contribution in [2.45, 2.75) is 6.92 Å². The molecule has 0 bridgehead atoms. The van der Waals surface area contributed by atoms with Gasteiger partial charge >= 0.3 is 0 Å². The molecule has 0 aliphatic rings. The number of fused-ring (bicyclic) bond motifs is 1. The fraction of sp³-hybridized carbons (Fsp3) is 0.222. The number of benzene rings is 1. The Morgan fingerprint density at radius 2 is 2.17 bits per heavy atom. The van der Waals surface area contributed by atoms with Gasteiger partial charge < -0.3 is 0 Å². The Morgan fingerprint density at radius 3 is 2.92 bits per heavy atom. The van der Waals surface area contributed by atoms with E-state index in [1.807, 2.05) is 6.07 Å². The third kappa shape index (κ3) is 0.897. The maximum Gasteiger partial charge on any atom is 0.154 e. The molecule has 1 aromatic heterocycles. The topological polar surface area (TPSA) is 17.8 Å². The number of hydrogen-bond acceptors (Lipinski definition) is 1. The van der Waals surface area contributed by atoms with Gasteiger partial charge in [0.25, 0.3) is 0 Å². The van der Waals surface area contributed by atoms with Crippen LogP contribution in [-0.2, 0) is 7.05 Å². The van der Waals surface area contributed by atoms with Crippen molar-refractivity contribution >= 4 is 10.9 Å². The molecule has 0 aliphatic heterocycles. The van der Waals surface area contributed by atoms with E-state index in [9.17, 15) is 4.39 Å². The summed E-state index contributed by atoms with van der Waals surface area (Å²) >= 11 is 0. The summed E-state index contributed by atoms with van der Waals surface area (Å²) in [6.45, 7) is 1.74. The molecule has 0 saturated heterocycles. The van der Waals surface area contributed by atoms with E-state index < -0.39 is 0 Å². The van der Waals surface area contributed by atoms with Gasteiger partial charge in [-0.1, -0.05) is 12.1 Å². The van der Waals surface area contributed by atoms with Gasteiger partial charge in [-0.05, 0) is 12.5 Å². The van der Waals surface area contributed by atoms with Crippen molar-refractivity contribution in [3.05, 3.63) is 29.7 Å². The standard InChI is InChI=1S/C9H9FN2/c1-6-3-4-7-5-12(2)11-9(7)8(6)10/h3-5H,1-2H3. The normalized spacial score (nSPS) is 10.9. The maximum absolute atomic E-state index is 13.3. The van der Waals surface area contributed by atoms with E-state index in [1.165, 1.54) is 0 Å². The molecule has 2 rings (SSSR count). The minimum absolute atomic E-state index is 0.215. The Morgan fingerprint density at radius 1 is 1.42 bits per heavy atom. The van der Waals surface area contributed by atoms with Gasteiger partial charge in [0.15, 0.2) is 5.82 Å². The SMILES string of the molecule is Cc1ccc2cn(C)nc2c1F. The van der Waals surface area contributed by atoms with Crippen molar-refractivity contribution in [3.63, 3.8) is 0 Å². The van der Waals surface area contributed by atoms with Gasteiger partial charge in [0, 0.05) is 18.6 Å². The molecule has 0 radical (unpaired) electrons. The third-order valence-corrected chi connectivity index (χ3v) is 1.92. The van der Waals surface area contributed by atoms with E-state index in [0.29, 0.717) is 11.1 Å². The largest absolute Gasteiger partial charge is 0.274 e. The number of hydrogen-bond donors (Lipinski definition) is 0. The predicted octanol–water partition coefficient (Wildman–Crippen LogP) is 2.02.